The number of hydrogen-bond donors (Lipinski definition) is 1. The molecule has 0 aliphatic heterocycles. The van der Waals surface area contributed by atoms with E-state index in [2.05, 4.69) is 5.32 Å². The van der Waals surface area contributed by atoms with Gasteiger partial charge in [-0.3, -0.25) is 9.59 Å². The van der Waals surface area contributed by atoms with Gasteiger partial charge in [-0.25, -0.2) is 0 Å². The number of rotatable bonds is 2. The van der Waals surface area contributed by atoms with Crippen molar-refractivity contribution in [1.82, 2.24) is 0 Å². The second kappa shape index (κ2) is 5.71. The highest BCUT2D eigenvalue weighted by molar-refractivity contribution is 6.28. The minimum atomic E-state index is -0.0964. The molecule has 0 atom stereocenters. The SMILES string of the molecule is Cc1ccc(Nc2ccc3c(c2)C(=O)c2cc(C)ccc2C3=O)cc1. The van der Waals surface area contributed by atoms with E-state index in [4.69, 9.17) is 0 Å². The molecule has 4 rings (SSSR count). The molecular formula is C22H17NO2. The lowest BCUT2D eigenvalue weighted by Gasteiger charge is -2.19. The lowest BCUT2D eigenvalue weighted by atomic mass is 9.83. The smallest absolute Gasteiger partial charge is 0.194 e. The summed E-state index contributed by atoms with van der Waals surface area (Å²) >= 11 is 0. The second-order valence-electron chi connectivity index (χ2n) is 6.46. The fourth-order valence-electron chi connectivity index (χ4n) is 3.15. The van der Waals surface area contributed by atoms with E-state index in [1.54, 1.807) is 24.3 Å². The van der Waals surface area contributed by atoms with E-state index in [1.165, 1.54) is 5.56 Å². The minimum Gasteiger partial charge on any atom is -0.356 e. The van der Waals surface area contributed by atoms with Gasteiger partial charge in [0.1, 0.15) is 0 Å². The molecule has 0 aromatic heterocycles. The zero-order chi connectivity index (χ0) is 17.6. The summed E-state index contributed by atoms with van der Waals surface area (Å²) < 4.78 is 0. The molecule has 0 amide bonds. The summed E-state index contributed by atoms with van der Waals surface area (Å²) in [5, 5.41) is 3.29. The van der Waals surface area contributed by atoms with Crippen LogP contribution in [0.15, 0.2) is 60.7 Å². The third-order valence-corrected chi connectivity index (χ3v) is 4.51. The standard InChI is InChI=1S/C22H17NO2/c1-13-3-6-15(7-4-13)23-16-8-10-18-20(12-16)22(25)19-11-14(2)5-9-17(19)21(18)24/h3-12,23H,1-2H3. The maximum atomic E-state index is 12.9. The molecule has 1 N–H and O–H groups in total. The Morgan fingerprint density at radius 1 is 0.560 bits per heavy atom. The van der Waals surface area contributed by atoms with Gasteiger partial charge in [-0.15, -0.1) is 0 Å². The van der Waals surface area contributed by atoms with E-state index in [0.29, 0.717) is 22.3 Å². The number of nitrogens with one attached hydrogen (secondary N) is 1. The topological polar surface area (TPSA) is 46.2 Å². The molecule has 3 nitrogen and oxygen atoms in total. The molecule has 3 heteroatoms. The van der Waals surface area contributed by atoms with Gasteiger partial charge in [-0.1, -0.05) is 35.4 Å². The van der Waals surface area contributed by atoms with Crippen LogP contribution in [0.1, 0.15) is 43.0 Å². The van der Waals surface area contributed by atoms with Crippen molar-refractivity contribution in [2.75, 3.05) is 5.32 Å². The van der Waals surface area contributed by atoms with Crippen molar-refractivity contribution in [3.63, 3.8) is 0 Å². The highest BCUT2D eigenvalue weighted by atomic mass is 16.1. The Kier molecular flexibility index (Phi) is 3.50. The van der Waals surface area contributed by atoms with Gasteiger partial charge in [0.05, 0.1) is 0 Å². The molecule has 25 heavy (non-hydrogen) atoms. The summed E-state index contributed by atoms with van der Waals surface area (Å²) in [7, 11) is 0. The first-order valence-electron chi connectivity index (χ1n) is 8.21. The van der Waals surface area contributed by atoms with E-state index in [-0.39, 0.29) is 11.6 Å². The van der Waals surface area contributed by atoms with Crippen LogP contribution in [0, 0.1) is 13.8 Å². The molecule has 0 radical (unpaired) electrons. The molecule has 1 aliphatic rings. The monoisotopic (exact) mass is 327 g/mol. The van der Waals surface area contributed by atoms with Gasteiger partial charge >= 0.3 is 0 Å². The molecular weight excluding hydrogens is 310 g/mol. The molecule has 3 aromatic rings. The number of aryl methyl sites for hydroxylation is 2. The number of carbonyl (C=O) groups is 2. The number of fused-ring (bicyclic) bond motifs is 2. The Balaban J connectivity index is 1.75. The van der Waals surface area contributed by atoms with Crippen LogP contribution in [0.3, 0.4) is 0 Å². The van der Waals surface area contributed by atoms with Gasteiger partial charge in [0.2, 0.25) is 0 Å². The first kappa shape index (κ1) is 15.3. The Morgan fingerprint density at radius 3 is 1.80 bits per heavy atom. The summed E-state index contributed by atoms with van der Waals surface area (Å²) in [5.74, 6) is -0.188. The van der Waals surface area contributed by atoms with Crippen molar-refractivity contribution in [3.05, 3.63) is 94.0 Å². The Hall–Kier alpha value is -3.20. The predicted molar refractivity (Wildman–Crippen MR) is 98.9 cm³/mol. The van der Waals surface area contributed by atoms with Crippen LogP contribution in [0.5, 0.6) is 0 Å². The van der Waals surface area contributed by atoms with Crippen molar-refractivity contribution in [2.45, 2.75) is 13.8 Å². The molecule has 0 unspecified atom stereocenters. The van der Waals surface area contributed by atoms with E-state index in [1.807, 2.05) is 50.2 Å². The van der Waals surface area contributed by atoms with Crippen molar-refractivity contribution < 1.29 is 9.59 Å². The Labute approximate surface area is 146 Å². The van der Waals surface area contributed by atoms with Gasteiger partial charge < -0.3 is 5.32 Å². The van der Waals surface area contributed by atoms with Crippen molar-refractivity contribution in [3.8, 4) is 0 Å². The maximum absolute atomic E-state index is 12.9. The number of hydrogen-bond acceptors (Lipinski definition) is 3. The normalized spacial score (nSPS) is 12.6. The van der Waals surface area contributed by atoms with Crippen LogP contribution in [0.2, 0.25) is 0 Å². The third-order valence-electron chi connectivity index (χ3n) is 4.51. The summed E-state index contributed by atoms with van der Waals surface area (Å²) in [6.07, 6.45) is 0. The molecule has 0 saturated heterocycles. The van der Waals surface area contributed by atoms with Crippen molar-refractivity contribution in [1.29, 1.82) is 0 Å². The third kappa shape index (κ3) is 2.64. The molecule has 3 aromatic carbocycles. The summed E-state index contributed by atoms with van der Waals surface area (Å²) in [6.45, 7) is 3.95. The highest BCUT2D eigenvalue weighted by Gasteiger charge is 2.29. The fraction of sp³-hybridized carbons (Fsp3) is 0.0909. The van der Waals surface area contributed by atoms with Gasteiger partial charge in [-0.2, -0.15) is 0 Å². The minimum absolute atomic E-state index is 0.0912. The second-order valence-corrected chi connectivity index (χ2v) is 6.46. The lowest BCUT2D eigenvalue weighted by molar-refractivity contribution is 0.0979. The van der Waals surface area contributed by atoms with Crippen LogP contribution < -0.4 is 5.32 Å². The highest BCUT2D eigenvalue weighted by Crippen LogP contribution is 2.30. The predicted octanol–water partition coefficient (Wildman–Crippen LogP) is 4.82. The molecule has 1 aliphatic carbocycles. The van der Waals surface area contributed by atoms with Gasteiger partial charge in [0.15, 0.2) is 11.6 Å². The van der Waals surface area contributed by atoms with Crippen LogP contribution in [-0.4, -0.2) is 11.6 Å². The van der Waals surface area contributed by atoms with Crippen molar-refractivity contribution in [2.24, 2.45) is 0 Å². The largest absolute Gasteiger partial charge is 0.356 e. The summed E-state index contributed by atoms with van der Waals surface area (Å²) in [4.78, 5) is 25.6. The Morgan fingerprint density at radius 2 is 1.08 bits per heavy atom. The molecule has 122 valence electrons. The van der Waals surface area contributed by atoms with Crippen LogP contribution >= 0.6 is 0 Å². The van der Waals surface area contributed by atoms with E-state index in [0.717, 1.165) is 16.9 Å². The zero-order valence-electron chi connectivity index (χ0n) is 14.1. The number of ketones is 2. The van der Waals surface area contributed by atoms with Gasteiger partial charge in [-0.05, 0) is 50.2 Å². The van der Waals surface area contributed by atoms with Crippen molar-refractivity contribution >= 4 is 22.9 Å². The molecule has 0 heterocycles. The summed E-state index contributed by atoms with van der Waals surface area (Å²) in [5.41, 5.74) is 5.79. The maximum Gasteiger partial charge on any atom is 0.194 e. The number of anilines is 2. The average molecular weight is 327 g/mol. The molecule has 0 bridgehead atoms. The molecule has 0 spiro atoms. The lowest BCUT2D eigenvalue weighted by Crippen LogP contribution is -2.21. The molecule has 0 saturated carbocycles. The van der Waals surface area contributed by atoms with E-state index in [9.17, 15) is 9.59 Å². The summed E-state index contributed by atoms with van der Waals surface area (Å²) in [6, 6.07) is 18.7. The zero-order valence-corrected chi connectivity index (χ0v) is 14.1. The quantitative estimate of drug-likeness (QED) is 0.574. The first-order valence-corrected chi connectivity index (χ1v) is 8.21. The molecule has 0 fully saturated rings. The van der Waals surface area contributed by atoms with Gasteiger partial charge in [0.25, 0.3) is 0 Å². The number of benzene rings is 3. The first-order chi connectivity index (χ1) is 12.0. The van der Waals surface area contributed by atoms with E-state index < -0.39 is 0 Å². The fourth-order valence-corrected chi connectivity index (χ4v) is 3.15. The average Bonchev–Trinajstić information content (AvgIpc) is 2.61. The van der Waals surface area contributed by atoms with Gasteiger partial charge in [0, 0.05) is 33.6 Å². The van der Waals surface area contributed by atoms with Crippen LogP contribution in [-0.2, 0) is 0 Å². The number of carbonyl (C=O) groups excluding carboxylic acids is 2. The van der Waals surface area contributed by atoms with E-state index >= 15 is 0 Å². The Bertz CT molecular complexity index is 1020. The van der Waals surface area contributed by atoms with Crippen LogP contribution in [0.25, 0.3) is 0 Å². The van der Waals surface area contributed by atoms with Crippen LogP contribution in [0.4, 0.5) is 11.4 Å².